The molecule has 1 fully saturated rings. The molecular weight excluding hydrogens is 511 g/mol. The molecule has 1 atom stereocenters. The van der Waals surface area contributed by atoms with E-state index in [2.05, 4.69) is 15.2 Å². The van der Waals surface area contributed by atoms with Gasteiger partial charge in [-0.3, -0.25) is 19.5 Å². The van der Waals surface area contributed by atoms with Crippen LogP contribution in [0.4, 0.5) is 0 Å². The number of rotatable bonds is 10. The number of likely N-dealkylation sites (tertiary alicyclic amines) is 1. The molecule has 8 nitrogen and oxygen atoms in total. The van der Waals surface area contributed by atoms with Gasteiger partial charge in [-0.2, -0.15) is 0 Å². The van der Waals surface area contributed by atoms with Crippen molar-refractivity contribution in [3.05, 3.63) is 35.4 Å². The first-order valence-electron chi connectivity index (χ1n) is 10.6. The highest BCUT2D eigenvalue weighted by atomic mass is 127. The minimum absolute atomic E-state index is 0. The Morgan fingerprint density at radius 1 is 1.16 bits per heavy atom. The van der Waals surface area contributed by atoms with Gasteiger partial charge in [0.05, 0.1) is 30.9 Å². The van der Waals surface area contributed by atoms with Crippen molar-refractivity contribution in [2.45, 2.75) is 19.3 Å². The molecule has 2 heterocycles. The predicted molar refractivity (Wildman–Crippen MR) is 130 cm³/mol. The van der Waals surface area contributed by atoms with E-state index in [1.54, 1.807) is 38.4 Å². The number of imide groups is 1. The first-order valence-corrected chi connectivity index (χ1v) is 10.6. The summed E-state index contributed by atoms with van der Waals surface area (Å²) in [6.07, 6.45) is 2.70. The van der Waals surface area contributed by atoms with E-state index >= 15 is 0 Å². The normalized spacial score (nSPS) is 18.4. The number of benzene rings is 1. The van der Waals surface area contributed by atoms with E-state index in [1.165, 1.54) is 4.90 Å². The van der Waals surface area contributed by atoms with Gasteiger partial charge in [0.25, 0.3) is 11.8 Å². The summed E-state index contributed by atoms with van der Waals surface area (Å²) in [5.74, 6) is 1.04. The number of guanidine groups is 1. The number of carbonyl (C=O) groups is 2. The Morgan fingerprint density at radius 2 is 1.87 bits per heavy atom. The maximum Gasteiger partial charge on any atom is 0.261 e. The SMILES string of the molecule is CN=C(NCCCCN1C(=O)c2ccccc2C1=O)N1CCC(COCCOC)C1.I. The average molecular weight is 544 g/mol. The van der Waals surface area contributed by atoms with E-state index in [9.17, 15) is 9.59 Å². The van der Waals surface area contributed by atoms with Crippen LogP contribution in [0.25, 0.3) is 0 Å². The number of amides is 2. The van der Waals surface area contributed by atoms with Gasteiger partial charge in [-0.05, 0) is 31.4 Å². The summed E-state index contributed by atoms with van der Waals surface area (Å²) in [5, 5.41) is 3.40. The molecule has 0 bridgehead atoms. The van der Waals surface area contributed by atoms with Crippen molar-refractivity contribution < 1.29 is 19.1 Å². The number of fused-ring (bicyclic) bond motifs is 1. The van der Waals surface area contributed by atoms with E-state index in [0.717, 1.165) is 51.5 Å². The van der Waals surface area contributed by atoms with E-state index in [0.29, 0.717) is 36.8 Å². The van der Waals surface area contributed by atoms with Crippen molar-refractivity contribution in [1.82, 2.24) is 15.1 Å². The third kappa shape index (κ3) is 6.63. The maximum absolute atomic E-state index is 12.4. The number of hydrogen-bond acceptors (Lipinski definition) is 5. The molecule has 1 aromatic rings. The van der Waals surface area contributed by atoms with Crippen molar-refractivity contribution in [3.8, 4) is 0 Å². The van der Waals surface area contributed by atoms with Crippen LogP contribution in [0.1, 0.15) is 40.0 Å². The molecule has 1 N–H and O–H groups in total. The van der Waals surface area contributed by atoms with Gasteiger partial charge in [-0.25, -0.2) is 0 Å². The summed E-state index contributed by atoms with van der Waals surface area (Å²) in [7, 11) is 3.47. The Hall–Kier alpha value is -1.72. The third-order valence-electron chi connectivity index (χ3n) is 5.55. The van der Waals surface area contributed by atoms with Crippen LogP contribution in [-0.4, -0.2) is 87.7 Å². The van der Waals surface area contributed by atoms with Crippen LogP contribution in [0.5, 0.6) is 0 Å². The molecule has 172 valence electrons. The fraction of sp³-hybridized carbons (Fsp3) is 0.591. The Balaban J connectivity index is 0.00000341. The highest BCUT2D eigenvalue weighted by molar-refractivity contribution is 14.0. The van der Waals surface area contributed by atoms with Crippen LogP contribution in [0.2, 0.25) is 0 Å². The second-order valence-corrected chi connectivity index (χ2v) is 7.66. The number of unbranched alkanes of at least 4 members (excludes halogenated alkanes) is 1. The number of ether oxygens (including phenoxy) is 2. The van der Waals surface area contributed by atoms with Gasteiger partial charge in [-0.1, -0.05) is 12.1 Å². The van der Waals surface area contributed by atoms with Gasteiger partial charge in [0.15, 0.2) is 5.96 Å². The quantitative estimate of drug-likeness (QED) is 0.160. The number of methoxy groups -OCH3 is 1. The van der Waals surface area contributed by atoms with Crippen LogP contribution < -0.4 is 5.32 Å². The molecule has 0 radical (unpaired) electrons. The monoisotopic (exact) mass is 544 g/mol. The van der Waals surface area contributed by atoms with Crippen LogP contribution in [-0.2, 0) is 9.47 Å². The van der Waals surface area contributed by atoms with Crippen molar-refractivity contribution in [3.63, 3.8) is 0 Å². The molecule has 2 aliphatic rings. The lowest BCUT2D eigenvalue weighted by Crippen LogP contribution is -2.40. The molecular formula is C22H33IN4O4. The number of halogens is 1. The minimum Gasteiger partial charge on any atom is -0.382 e. The van der Waals surface area contributed by atoms with Gasteiger partial charge < -0.3 is 19.7 Å². The molecule has 1 unspecified atom stereocenters. The van der Waals surface area contributed by atoms with Crippen LogP contribution in [0.3, 0.4) is 0 Å². The second kappa shape index (κ2) is 13.0. The zero-order valence-corrected chi connectivity index (χ0v) is 20.7. The number of nitrogens with one attached hydrogen (secondary N) is 1. The fourth-order valence-electron chi connectivity index (χ4n) is 3.92. The van der Waals surface area contributed by atoms with Crippen molar-refractivity contribution in [2.75, 3.05) is 60.2 Å². The third-order valence-corrected chi connectivity index (χ3v) is 5.55. The highest BCUT2D eigenvalue weighted by Gasteiger charge is 2.34. The molecule has 1 aromatic carbocycles. The van der Waals surface area contributed by atoms with Crippen molar-refractivity contribution in [1.29, 1.82) is 0 Å². The molecule has 0 aliphatic carbocycles. The van der Waals surface area contributed by atoms with Gasteiger partial charge >= 0.3 is 0 Å². The first-order chi connectivity index (χ1) is 14.7. The molecule has 0 spiro atoms. The number of hydrogen-bond donors (Lipinski definition) is 1. The largest absolute Gasteiger partial charge is 0.382 e. The summed E-state index contributed by atoms with van der Waals surface area (Å²) in [4.78, 5) is 32.8. The molecule has 0 saturated carbocycles. The highest BCUT2D eigenvalue weighted by Crippen LogP contribution is 2.22. The fourth-order valence-corrected chi connectivity index (χ4v) is 3.92. The lowest BCUT2D eigenvalue weighted by Gasteiger charge is -2.22. The van der Waals surface area contributed by atoms with Crippen LogP contribution >= 0.6 is 24.0 Å². The lowest BCUT2D eigenvalue weighted by molar-refractivity contribution is 0.0536. The smallest absolute Gasteiger partial charge is 0.261 e. The van der Waals surface area contributed by atoms with Crippen LogP contribution in [0.15, 0.2) is 29.3 Å². The Labute approximate surface area is 201 Å². The second-order valence-electron chi connectivity index (χ2n) is 7.66. The minimum atomic E-state index is -0.185. The summed E-state index contributed by atoms with van der Waals surface area (Å²) in [5.41, 5.74) is 1.02. The van der Waals surface area contributed by atoms with Gasteiger partial charge in [-0.15, -0.1) is 24.0 Å². The molecule has 1 saturated heterocycles. The summed E-state index contributed by atoms with van der Waals surface area (Å²) in [6, 6.07) is 7.01. The molecule has 0 aromatic heterocycles. The zero-order valence-electron chi connectivity index (χ0n) is 18.3. The van der Waals surface area contributed by atoms with Gasteiger partial charge in [0.2, 0.25) is 0 Å². The van der Waals surface area contributed by atoms with E-state index in [1.807, 2.05) is 0 Å². The summed E-state index contributed by atoms with van der Waals surface area (Å²) >= 11 is 0. The summed E-state index contributed by atoms with van der Waals surface area (Å²) < 4.78 is 10.7. The average Bonchev–Trinajstić information content (AvgIpc) is 3.32. The molecule has 2 aliphatic heterocycles. The lowest BCUT2D eigenvalue weighted by atomic mass is 10.1. The van der Waals surface area contributed by atoms with Gasteiger partial charge in [0, 0.05) is 46.3 Å². The maximum atomic E-state index is 12.4. The number of aliphatic imine (C=N–C) groups is 1. The molecule has 9 heteroatoms. The summed E-state index contributed by atoms with van der Waals surface area (Å²) in [6.45, 7) is 5.10. The molecule has 3 rings (SSSR count). The van der Waals surface area contributed by atoms with E-state index in [4.69, 9.17) is 9.47 Å². The molecule has 31 heavy (non-hydrogen) atoms. The van der Waals surface area contributed by atoms with Gasteiger partial charge in [0.1, 0.15) is 0 Å². The number of nitrogens with zero attached hydrogens (tertiary/aromatic N) is 3. The zero-order chi connectivity index (χ0) is 21.3. The molecule has 2 amide bonds. The standard InChI is InChI=1S/C22H32N4O4.HI/c1-23-22(25-12-9-17(15-25)16-30-14-13-29-2)24-10-5-6-11-26-20(27)18-7-3-4-8-19(18)21(26)28;/h3-4,7-8,17H,5-6,9-16H2,1-2H3,(H,23,24);1H. The topological polar surface area (TPSA) is 83.5 Å². The predicted octanol–water partition coefficient (Wildman–Crippen LogP) is 2.24. The Bertz CT molecular complexity index is 739. The Morgan fingerprint density at radius 3 is 2.52 bits per heavy atom. The van der Waals surface area contributed by atoms with E-state index in [-0.39, 0.29) is 35.8 Å². The van der Waals surface area contributed by atoms with Crippen LogP contribution in [0, 0.1) is 5.92 Å². The Kier molecular flexibility index (Phi) is 10.7. The van der Waals surface area contributed by atoms with E-state index < -0.39 is 0 Å². The van der Waals surface area contributed by atoms with Crippen molar-refractivity contribution >= 4 is 41.8 Å². The van der Waals surface area contributed by atoms with Crippen molar-refractivity contribution in [2.24, 2.45) is 10.9 Å². The number of carbonyl (C=O) groups excluding carboxylic acids is 2. The first kappa shape index (κ1) is 25.5.